The summed E-state index contributed by atoms with van der Waals surface area (Å²) in [6.07, 6.45) is 1.71. The van der Waals surface area contributed by atoms with Crippen LogP contribution in [0.15, 0.2) is 6.07 Å². The van der Waals surface area contributed by atoms with E-state index in [-0.39, 0.29) is 11.9 Å². The standard InChI is InChI=1S/C12H18N4O/c1-3-11-10(6-8(2)15-16-11)12(17)14-9-4-5-13-7-9/h6,9,13H,3-5,7H2,1-2H3,(H,14,17). The SMILES string of the molecule is CCc1nnc(C)cc1C(=O)NC1CCNC1. The lowest BCUT2D eigenvalue weighted by atomic mass is 10.1. The van der Waals surface area contributed by atoms with Crippen LogP contribution in [0.3, 0.4) is 0 Å². The predicted octanol–water partition coefficient (Wildman–Crippen LogP) is 0.439. The van der Waals surface area contributed by atoms with Gasteiger partial charge in [0.15, 0.2) is 0 Å². The molecule has 1 atom stereocenters. The molecule has 1 amide bonds. The second-order valence-electron chi connectivity index (χ2n) is 4.36. The third-order valence-corrected chi connectivity index (χ3v) is 2.97. The van der Waals surface area contributed by atoms with Crippen molar-refractivity contribution in [1.82, 2.24) is 20.8 Å². The molecule has 1 saturated heterocycles. The number of nitrogens with zero attached hydrogens (tertiary/aromatic N) is 2. The molecule has 1 aromatic heterocycles. The Bertz CT molecular complexity index is 413. The molecule has 0 saturated carbocycles. The van der Waals surface area contributed by atoms with Crippen molar-refractivity contribution in [1.29, 1.82) is 0 Å². The van der Waals surface area contributed by atoms with E-state index >= 15 is 0 Å². The fraction of sp³-hybridized carbons (Fsp3) is 0.583. The number of rotatable bonds is 3. The molecule has 1 aliphatic heterocycles. The zero-order chi connectivity index (χ0) is 12.3. The summed E-state index contributed by atoms with van der Waals surface area (Å²) in [5.41, 5.74) is 2.20. The second-order valence-corrected chi connectivity index (χ2v) is 4.36. The first kappa shape index (κ1) is 12.0. The molecular weight excluding hydrogens is 216 g/mol. The van der Waals surface area contributed by atoms with Gasteiger partial charge in [-0.3, -0.25) is 4.79 Å². The Morgan fingerprint density at radius 3 is 3.06 bits per heavy atom. The molecular formula is C12H18N4O. The lowest BCUT2D eigenvalue weighted by molar-refractivity contribution is 0.0938. The summed E-state index contributed by atoms with van der Waals surface area (Å²) in [6.45, 7) is 5.65. The molecule has 1 aliphatic rings. The van der Waals surface area contributed by atoms with Crippen molar-refractivity contribution >= 4 is 5.91 Å². The molecule has 0 bridgehead atoms. The summed E-state index contributed by atoms with van der Waals surface area (Å²) in [6, 6.07) is 2.05. The van der Waals surface area contributed by atoms with Gasteiger partial charge in [0.05, 0.1) is 17.0 Å². The largest absolute Gasteiger partial charge is 0.348 e. The minimum atomic E-state index is -0.0337. The number of aromatic nitrogens is 2. The smallest absolute Gasteiger partial charge is 0.253 e. The Morgan fingerprint density at radius 2 is 2.41 bits per heavy atom. The van der Waals surface area contributed by atoms with Crippen molar-refractivity contribution in [2.24, 2.45) is 0 Å². The Kier molecular flexibility index (Phi) is 3.68. The molecule has 17 heavy (non-hydrogen) atoms. The molecule has 0 aromatic carbocycles. The number of hydrogen-bond acceptors (Lipinski definition) is 4. The first-order chi connectivity index (χ1) is 8.20. The Morgan fingerprint density at radius 1 is 1.59 bits per heavy atom. The van der Waals surface area contributed by atoms with Crippen molar-refractivity contribution in [3.8, 4) is 0 Å². The number of carbonyl (C=O) groups is 1. The third-order valence-electron chi connectivity index (χ3n) is 2.97. The number of carbonyl (C=O) groups excluding carboxylic acids is 1. The highest BCUT2D eigenvalue weighted by atomic mass is 16.1. The van der Waals surface area contributed by atoms with E-state index in [0.29, 0.717) is 5.56 Å². The van der Waals surface area contributed by atoms with E-state index < -0.39 is 0 Å². The minimum Gasteiger partial charge on any atom is -0.348 e. The summed E-state index contributed by atoms with van der Waals surface area (Å²) in [7, 11) is 0. The molecule has 1 aromatic rings. The van der Waals surface area contributed by atoms with Gasteiger partial charge in [0.2, 0.25) is 0 Å². The van der Waals surface area contributed by atoms with Gasteiger partial charge in [0, 0.05) is 12.6 Å². The normalized spacial score (nSPS) is 19.3. The minimum absolute atomic E-state index is 0.0337. The van der Waals surface area contributed by atoms with Crippen molar-refractivity contribution < 1.29 is 4.79 Å². The van der Waals surface area contributed by atoms with Crippen LogP contribution in [-0.4, -0.2) is 35.2 Å². The summed E-state index contributed by atoms with van der Waals surface area (Å²) in [5, 5.41) is 14.3. The van der Waals surface area contributed by atoms with Crippen LogP contribution < -0.4 is 10.6 Å². The maximum atomic E-state index is 12.1. The lowest BCUT2D eigenvalue weighted by Gasteiger charge is -2.13. The van der Waals surface area contributed by atoms with Gasteiger partial charge in [-0.2, -0.15) is 10.2 Å². The van der Waals surface area contributed by atoms with Crippen LogP contribution in [0.1, 0.15) is 35.1 Å². The highest BCUT2D eigenvalue weighted by Gasteiger charge is 2.19. The zero-order valence-corrected chi connectivity index (χ0v) is 10.3. The van der Waals surface area contributed by atoms with Gasteiger partial charge in [0.25, 0.3) is 5.91 Å². The van der Waals surface area contributed by atoms with Gasteiger partial charge in [-0.05, 0) is 32.4 Å². The zero-order valence-electron chi connectivity index (χ0n) is 10.3. The van der Waals surface area contributed by atoms with Gasteiger partial charge < -0.3 is 10.6 Å². The molecule has 1 unspecified atom stereocenters. The summed E-state index contributed by atoms with van der Waals surface area (Å²) < 4.78 is 0. The fourth-order valence-corrected chi connectivity index (χ4v) is 2.01. The predicted molar refractivity (Wildman–Crippen MR) is 64.9 cm³/mol. The number of nitrogens with one attached hydrogen (secondary N) is 2. The lowest BCUT2D eigenvalue weighted by Crippen LogP contribution is -2.36. The Hall–Kier alpha value is -1.49. The van der Waals surface area contributed by atoms with E-state index in [1.807, 2.05) is 19.9 Å². The van der Waals surface area contributed by atoms with Gasteiger partial charge in [-0.15, -0.1) is 0 Å². The van der Waals surface area contributed by atoms with E-state index in [9.17, 15) is 4.79 Å². The average Bonchev–Trinajstić information content (AvgIpc) is 2.81. The van der Waals surface area contributed by atoms with E-state index in [0.717, 1.165) is 37.3 Å². The van der Waals surface area contributed by atoms with Gasteiger partial charge in [-0.1, -0.05) is 6.92 Å². The van der Waals surface area contributed by atoms with Crippen LogP contribution in [-0.2, 0) is 6.42 Å². The molecule has 0 spiro atoms. The quantitative estimate of drug-likeness (QED) is 0.796. The summed E-state index contributed by atoms with van der Waals surface area (Å²) in [4.78, 5) is 12.1. The topological polar surface area (TPSA) is 66.9 Å². The van der Waals surface area contributed by atoms with Crippen LogP contribution in [0.5, 0.6) is 0 Å². The van der Waals surface area contributed by atoms with E-state index in [1.165, 1.54) is 0 Å². The van der Waals surface area contributed by atoms with E-state index in [4.69, 9.17) is 0 Å². The van der Waals surface area contributed by atoms with Gasteiger partial charge in [0.1, 0.15) is 0 Å². The number of aryl methyl sites for hydroxylation is 2. The van der Waals surface area contributed by atoms with Crippen LogP contribution in [0.4, 0.5) is 0 Å². The molecule has 0 radical (unpaired) electrons. The van der Waals surface area contributed by atoms with Gasteiger partial charge >= 0.3 is 0 Å². The molecule has 2 N–H and O–H groups in total. The van der Waals surface area contributed by atoms with Crippen LogP contribution in [0.25, 0.3) is 0 Å². The Balaban J connectivity index is 2.14. The first-order valence-electron chi connectivity index (χ1n) is 6.05. The van der Waals surface area contributed by atoms with Crippen molar-refractivity contribution in [2.75, 3.05) is 13.1 Å². The molecule has 0 aliphatic carbocycles. The summed E-state index contributed by atoms with van der Waals surface area (Å²) >= 11 is 0. The van der Waals surface area contributed by atoms with E-state index in [2.05, 4.69) is 20.8 Å². The molecule has 2 rings (SSSR count). The molecule has 2 heterocycles. The number of hydrogen-bond donors (Lipinski definition) is 2. The monoisotopic (exact) mass is 234 g/mol. The van der Waals surface area contributed by atoms with Crippen molar-refractivity contribution in [2.45, 2.75) is 32.7 Å². The molecule has 5 heteroatoms. The summed E-state index contributed by atoms with van der Waals surface area (Å²) in [5.74, 6) is -0.0337. The van der Waals surface area contributed by atoms with Gasteiger partial charge in [-0.25, -0.2) is 0 Å². The van der Waals surface area contributed by atoms with Crippen LogP contribution in [0, 0.1) is 6.92 Å². The van der Waals surface area contributed by atoms with Crippen LogP contribution in [0.2, 0.25) is 0 Å². The fourth-order valence-electron chi connectivity index (χ4n) is 2.01. The maximum absolute atomic E-state index is 12.1. The maximum Gasteiger partial charge on any atom is 0.253 e. The van der Waals surface area contributed by atoms with E-state index in [1.54, 1.807) is 0 Å². The van der Waals surface area contributed by atoms with Crippen molar-refractivity contribution in [3.63, 3.8) is 0 Å². The molecule has 5 nitrogen and oxygen atoms in total. The first-order valence-corrected chi connectivity index (χ1v) is 6.05. The number of amides is 1. The Labute approximate surface area is 101 Å². The highest BCUT2D eigenvalue weighted by Crippen LogP contribution is 2.08. The van der Waals surface area contributed by atoms with Crippen molar-refractivity contribution in [3.05, 3.63) is 23.0 Å². The highest BCUT2D eigenvalue weighted by molar-refractivity contribution is 5.95. The third kappa shape index (κ3) is 2.79. The molecule has 92 valence electrons. The molecule has 1 fully saturated rings. The second kappa shape index (κ2) is 5.23. The van der Waals surface area contributed by atoms with Crippen LogP contribution >= 0.6 is 0 Å². The average molecular weight is 234 g/mol.